The molecule has 0 aliphatic carbocycles. The average Bonchev–Trinajstić information content (AvgIpc) is 2.28. The van der Waals surface area contributed by atoms with E-state index in [-0.39, 0.29) is 23.4 Å². The van der Waals surface area contributed by atoms with Gasteiger partial charge in [-0.2, -0.15) is 13.2 Å². The Hall–Kier alpha value is -0.850. The Morgan fingerprint density at radius 2 is 2.00 bits per heavy atom. The van der Waals surface area contributed by atoms with Crippen molar-refractivity contribution in [3.8, 4) is 0 Å². The van der Waals surface area contributed by atoms with E-state index in [1.54, 1.807) is 0 Å². The summed E-state index contributed by atoms with van der Waals surface area (Å²) in [5.41, 5.74) is 2.50. The summed E-state index contributed by atoms with van der Waals surface area (Å²) in [7, 11) is 0. The minimum absolute atomic E-state index is 0.0545. The smallest absolute Gasteiger partial charge is 0.271 e. The van der Waals surface area contributed by atoms with E-state index in [4.69, 9.17) is 17.4 Å². The lowest BCUT2D eigenvalue weighted by Crippen LogP contribution is -2.37. The molecule has 0 heterocycles. The first kappa shape index (κ1) is 15.2. The van der Waals surface area contributed by atoms with Gasteiger partial charge in [-0.25, -0.2) is 4.39 Å². The number of hydrogen-bond acceptors (Lipinski definition) is 2. The van der Waals surface area contributed by atoms with Crippen LogP contribution in [0.15, 0.2) is 18.2 Å². The molecular formula is C11H13ClF4N2. The maximum absolute atomic E-state index is 13.5. The highest BCUT2D eigenvalue weighted by Crippen LogP contribution is 2.24. The molecule has 0 aliphatic rings. The molecule has 1 aromatic rings. The normalized spacial score (nSPS) is 13.7. The number of nitrogens with one attached hydrogen (secondary N) is 1. The van der Waals surface area contributed by atoms with Crippen LogP contribution in [0.3, 0.4) is 0 Å². The summed E-state index contributed by atoms with van der Waals surface area (Å²) in [6, 6.07) is 3.73. The fraction of sp³-hybridized carbons (Fsp3) is 0.455. The summed E-state index contributed by atoms with van der Waals surface area (Å²) in [4.78, 5) is 0. The molecule has 1 atom stereocenters. The minimum atomic E-state index is -4.25. The van der Waals surface area contributed by atoms with Gasteiger partial charge in [-0.15, -0.1) is 0 Å². The van der Waals surface area contributed by atoms with Crippen molar-refractivity contribution in [2.45, 2.75) is 31.5 Å². The van der Waals surface area contributed by atoms with Gasteiger partial charge in [-0.3, -0.25) is 11.3 Å². The third-order valence-corrected chi connectivity index (χ3v) is 2.80. The predicted octanol–water partition coefficient (Wildman–Crippen LogP) is 3.20. The van der Waals surface area contributed by atoms with Crippen LogP contribution in [-0.4, -0.2) is 12.2 Å². The second-order valence-corrected chi connectivity index (χ2v) is 4.34. The number of halogens is 5. The van der Waals surface area contributed by atoms with Crippen LogP contribution < -0.4 is 11.3 Å². The van der Waals surface area contributed by atoms with E-state index in [2.05, 4.69) is 5.43 Å². The van der Waals surface area contributed by atoms with Crippen molar-refractivity contribution in [2.24, 2.45) is 5.84 Å². The Morgan fingerprint density at radius 1 is 1.33 bits per heavy atom. The molecule has 0 aromatic heterocycles. The third-order valence-electron chi connectivity index (χ3n) is 2.51. The van der Waals surface area contributed by atoms with E-state index in [1.165, 1.54) is 18.2 Å². The topological polar surface area (TPSA) is 38.0 Å². The largest absolute Gasteiger partial charge is 0.389 e. The molecule has 0 spiro atoms. The molecule has 1 unspecified atom stereocenters. The molecule has 0 saturated heterocycles. The van der Waals surface area contributed by atoms with Gasteiger partial charge in [-0.05, 0) is 24.5 Å². The van der Waals surface area contributed by atoms with E-state index in [0.29, 0.717) is 0 Å². The molecular weight excluding hydrogens is 272 g/mol. The van der Waals surface area contributed by atoms with Gasteiger partial charge >= 0.3 is 6.18 Å². The van der Waals surface area contributed by atoms with Gasteiger partial charge in [0.25, 0.3) is 0 Å². The van der Waals surface area contributed by atoms with Crippen molar-refractivity contribution in [3.63, 3.8) is 0 Å². The standard InChI is InChI=1S/C11H13ClF4N2/c12-9-3-1-2-7(10(9)13)6-8(18-17)4-5-11(14,15)16/h1-3,8,18H,4-6,17H2. The van der Waals surface area contributed by atoms with E-state index < -0.39 is 24.5 Å². The fourth-order valence-corrected chi connectivity index (χ4v) is 1.75. The van der Waals surface area contributed by atoms with Gasteiger partial charge in [0.15, 0.2) is 0 Å². The summed E-state index contributed by atoms with van der Waals surface area (Å²) in [5, 5.41) is -0.0564. The molecule has 0 amide bonds. The zero-order valence-corrected chi connectivity index (χ0v) is 10.2. The van der Waals surface area contributed by atoms with Gasteiger partial charge in [0, 0.05) is 12.5 Å². The molecule has 0 bridgehead atoms. The highest BCUT2D eigenvalue weighted by atomic mass is 35.5. The molecule has 0 saturated carbocycles. The number of hydrazine groups is 1. The summed E-state index contributed by atoms with van der Waals surface area (Å²) >= 11 is 5.58. The molecule has 102 valence electrons. The van der Waals surface area contributed by atoms with Crippen molar-refractivity contribution in [2.75, 3.05) is 0 Å². The van der Waals surface area contributed by atoms with Crippen LogP contribution in [0.4, 0.5) is 17.6 Å². The van der Waals surface area contributed by atoms with Crippen molar-refractivity contribution >= 4 is 11.6 Å². The summed E-state index contributed by atoms with van der Waals surface area (Å²) in [6.45, 7) is 0. The van der Waals surface area contributed by atoms with Gasteiger partial charge in [0.1, 0.15) is 5.82 Å². The minimum Gasteiger partial charge on any atom is -0.271 e. The molecule has 18 heavy (non-hydrogen) atoms. The zero-order chi connectivity index (χ0) is 13.8. The lowest BCUT2D eigenvalue weighted by atomic mass is 10.0. The average molecular weight is 285 g/mol. The van der Waals surface area contributed by atoms with Crippen LogP contribution in [-0.2, 0) is 6.42 Å². The highest BCUT2D eigenvalue weighted by molar-refractivity contribution is 6.30. The Morgan fingerprint density at radius 3 is 2.56 bits per heavy atom. The summed E-state index contributed by atoms with van der Waals surface area (Å²) < 4.78 is 49.8. The van der Waals surface area contributed by atoms with Gasteiger partial charge in [-0.1, -0.05) is 23.7 Å². The highest BCUT2D eigenvalue weighted by Gasteiger charge is 2.28. The Balaban J connectivity index is 2.65. The van der Waals surface area contributed by atoms with Crippen molar-refractivity contribution in [1.29, 1.82) is 0 Å². The van der Waals surface area contributed by atoms with Crippen molar-refractivity contribution < 1.29 is 17.6 Å². The zero-order valence-electron chi connectivity index (χ0n) is 9.40. The van der Waals surface area contributed by atoms with Crippen LogP contribution in [0, 0.1) is 5.82 Å². The molecule has 3 N–H and O–H groups in total. The molecule has 1 rings (SSSR count). The second kappa shape index (κ2) is 6.36. The fourth-order valence-electron chi connectivity index (χ4n) is 1.55. The first-order valence-corrected chi connectivity index (χ1v) is 5.67. The Labute approximate surface area is 107 Å². The SMILES string of the molecule is NNC(CCC(F)(F)F)Cc1cccc(Cl)c1F. The number of rotatable bonds is 5. The Bertz CT molecular complexity index is 395. The van der Waals surface area contributed by atoms with Gasteiger partial charge in [0.05, 0.1) is 5.02 Å². The van der Waals surface area contributed by atoms with E-state index >= 15 is 0 Å². The molecule has 0 aliphatic heterocycles. The molecule has 7 heteroatoms. The van der Waals surface area contributed by atoms with Crippen LogP contribution >= 0.6 is 11.6 Å². The number of benzene rings is 1. The molecule has 2 nitrogen and oxygen atoms in total. The van der Waals surface area contributed by atoms with Crippen LogP contribution in [0.1, 0.15) is 18.4 Å². The molecule has 0 radical (unpaired) electrons. The number of hydrogen-bond donors (Lipinski definition) is 2. The third kappa shape index (κ3) is 4.80. The quantitative estimate of drug-likeness (QED) is 0.495. The maximum Gasteiger partial charge on any atom is 0.389 e. The number of nitrogens with two attached hydrogens (primary N) is 1. The summed E-state index contributed by atoms with van der Waals surface area (Å²) in [6.07, 6.45) is -5.38. The Kier molecular flexibility index (Phi) is 5.37. The van der Waals surface area contributed by atoms with E-state index in [9.17, 15) is 17.6 Å². The van der Waals surface area contributed by atoms with E-state index in [0.717, 1.165) is 0 Å². The van der Waals surface area contributed by atoms with Crippen LogP contribution in [0.25, 0.3) is 0 Å². The van der Waals surface area contributed by atoms with Gasteiger partial charge in [0.2, 0.25) is 0 Å². The van der Waals surface area contributed by atoms with Crippen molar-refractivity contribution in [3.05, 3.63) is 34.6 Å². The first-order chi connectivity index (χ1) is 8.33. The first-order valence-electron chi connectivity index (χ1n) is 5.29. The summed E-state index contributed by atoms with van der Waals surface area (Å²) in [5.74, 6) is 4.55. The van der Waals surface area contributed by atoms with Crippen molar-refractivity contribution in [1.82, 2.24) is 5.43 Å². The second-order valence-electron chi connectivity index (χ2n) is 3.93. The van der Waals surface area contributed by atoms with Gasteiger partial charge < -0.3 is 0 Å². The predicted molar refractivity (Wildman–Crippen MR) is 61.5 cm³/mol. The number of alkyl halides is 3. The molecule has 1 aromatic carbocycles. The lowest BCUT2D eigenvalue weighted by Gasteiger charge is -2.17. The van der Waals surface area contributed by atoms with E-state index in [1.807, 2.05) is 0 Å². The molecule has 0 fully saturated rings. The van der Waals surface area contributed by atoms with Crippen LogP contribution in [0.5, 0.6) is 0 Å². The lowest BCUT2D eigenvalue weighted by molar-refractivity contribution is -0.136. The monoisotopic (exact) mass is 284 g/mol. The van der Waals surface area contributed by atoms with Crippen LogP contribution in [0.2, 0.25) is 5.02 Å². The maximum atomic E-state index is 13.5.